The summed E-state index contributed by atoms with van der Waals surface area (Å²) in [6.07, 6.45) is 0. The van der Waals surface area contributed by atoms with Crippen molar-refractivity contribution in [1.82, 2.24) is 4.98 Å². The number of nitrogens with two attached hydrogens (primary N) is 1. The van der Waals surface area contributed by atoms with Gasteiger partial charge in [0, 0.05) is 18.1 Å². The van der Waals surface area contributed by atoms with Gasteiger partial charge in [-0.15, -0.1) is 11.3 Å². The zero-order chi connectivity index (χ0) is 14.7. The number of hydrogen-bond donors (Lipinski definition) is 1. The Morgan fingerprint density at radius 2 is 2.10 bits per heavy atom. The van der Waals surface area contributed by atoms with Crippen LogP contribution >= 0.6 is 11.3 Å². The van der Waals surface area contributed by atoms with E-state index in [1.54, 1.807) is 36.7 Å². The van der Waals surface area contributed by atoms with E-state index in [1.165, 1.54) is 16.2 Å². The topological polar surface area (TPSA) is 83.0 Å². The molecule has 6 heteroatoms. The second-order valence-corrected chi connectivity index (χ2v) is 5.27. The fourth-order valence-corrected chi connectivity index (χ4v) is 2.40. The molecule has 0 saturated heterocycles. The molecular weight excluding hydrogens is 272 g/mol. The van der Waals surface area contributed by atoms with Crippen LogP contribution in [0.3, 0.4) is 0 Å². The summed E-state index contributed by atoms with van der Waals surface area (Å²) in [5.41, 5.74) is 7.39. The zero-order valence-corrected chi connectivity index (χ0v) is 12.0. The molecule has 0 bridgehead atoms. The molecule has 1 amide bonds. The smallest absolute Gasteiger partial charge is 0.277 e. The van der Waals surface area contributed by atoms with Crippen LogP contribution in [0.4, 0.5) is 5.69 Å². The Hall–Kier alpha value is -2.23. The first-order chi connectivity index (χ1) is 9.52. The second-order valence-electron chi connectivity index (χ2n) is 4.38. The molecule has 5 nitrogen and oxygen atoms in total. The van der Waals surface area contributed by atoms with Gasteiger partial charge in [0.05, 0.1) is 17.7 Å². The number of rotatable bonds is 3. The van der Waals surface area contributed by atoms with E-state index < -0.39 is 0 Å². The number of nitrogens with zero attached hydrogens (tertiary/aromatic N) is 3. The van der Waals surface area contributed by atoms with E-state index in [4.69, 9.17) is 11.0 Å². The lowest BCUT2D eigenvalue weighted by Gasteiger charge is -2.15. The van der Waals surface area contributed by atoms with Gasteiger partial charge in [0.15, 0.2) is 0 Å². The second kappa shape index (κ2) is 5.82. The van der Waals surface area contributed by atoms with Gasteiger partial charge in [0.2, 0.25) is 0 Å². The molecule has 0 aliphatic rings. The summed E-state index contributed by atoms with van der Waals surface area (Å²) in [6.45, 7) is 1.83. The minimum absolute atomic E-state index is 0.179. The monoisotopic (exact) mass is 286 g/mol. The summed E-state index contributed by atoms with van der Waals surface area (Å²) >= 11 is 1.38. The third kappa shape index (κ3) is 2.85. The first kappa shape index (κ1) is 14.2. The number of carbonyl (C=O) groups excluding carboxylic acids is 1. The fourth-order valence-electron chi connectivity index (χ4n) is 1.64. The van der Waals surface area contributed by atoms with Crippen LogP contribution in [0.2, 0.25) is 0 Å². The number of carbonyl (C=O) groups is 1. The van der Waals surface area contributed by atoms with Crippen molar-refractivity contribution in [2.45, 2.75) is 13.0 Å². The molecule has 0 radical (unpaired) electrons. The van der Waals surface area contributed by atoms with Gasteiger partial charge in [0.25, 0.3) is 5.91 Å². The number of benzene rings is 1. The summed E-state index contributed by atoms with van der Waals surface area (Å²) in [5.74, 6) is -0.196. The molecule has 1 heterocycles. The number of hydrogen-bond acceptors (Lipinski definition) is 5. The molecule has 102 valence electrons. The third-order valence-electron chi connectivity index (χ3n) is 2.82. The van der Waals surface area contributed by atoms with E-state index in [2.05, 4.69) is 4.98 Å². The lowest BCUT2D eigenvalue weighted by molar-refractivity contribution is 0.0988. The summed E-state index contributed by atoms with van der Waals surface area (Å²) in [4.78, 5) is 18.0. The molecule has 0 aliphatic heterocycles. The molecule has 2 aromatic rings. The van der Waals surface area contributed by atoms with Crippen molar-refractivity contribution >= 4 is 22.9 Å². The van der Waals surface area contributed by atoms with Crippen molar-refractivity contribution in [3.8, 4) is 6.07 Å². The van der Waals surface area contributed by atoms with Crippen LogP contribution in [0.25, 0.3) is 0 Å². The Balaban J connectivity index is 2.20. The minimum Gasteiger partial charge on any atom is -0.322 e. The lowest BCUT2D eigenvalue weighted by Crippen LogP contribution is -2.26. The Morgan fingerprint density at radius 1 is 1.45 bits per heavy atom. The molecule has 0 spiro atoms. The number of amides is 1. The summed E-state index contributed by atoms with van der Waals surface area (Å²) in [5, 5.41) is 11.2. The number of thiazole rings is 1. The minimum atomic E-state index is -0.196. The molecule has 1 aromatic carbocycles. The van der Waals surface area contributed by atoms with Crippen molar-refractivity contribution in [1.29, 1.82) is 5.26 Å². The third-order valence-corrected chi connectivity index (χ3v) is 3.86. The highest BCUT2D eigenvalue weighted by Crippen LogP contribution is 2.20. The fraction of sp³-hybridized carbons (Fsp3) is 0.214. The van der Waals surface area contributed by atoms with Gasteiger partial charge in [-0.1, -0.05) is 0 Å². The summed E-state index contributed by atoms with van der Waals surface area (Å²) in [7, 11) is 1.68. The van der Waals surface area contributed by atoms with Crippen LogP contribution < -0.4 is 10.6 Å². The van der Waals surface area contributed by atoms with Gasteiger partial charge in [-0.25, -0.2) is 4.98 Å². The SMILES string of the molecule is CC(N)c1nc(C(=O)N(C)c2ccc(C#N)cc2)cs1. The predicted octanol–water partition coefficient (Wildman–Crippen LogP) is 2.31. The average Bonchev–Trinajstić information content (AvgIpc) is 2.96. The van der Waals surface area contributed by atoms with Gasteiger partial charge in [0.1, 0.15) is 10.7 Å². The number of nitriles is 1. The van der Waals surface area contributed by atoms with Crippen LogP contribution in [-0.2, 0) is 0 Å². The van der Waals surface area contributed by atoms with Crippen molar-refractivity contribution in [2.24, 2.45) is 5.73 Å². The highest BCUT2D eigenvalue weighted by Gasteiger charge is 2.17. The Kier molecular flexibility index (Phi) is 4.13. The van der Waals surface area contributed by atoms with Crippen molar-refractivity contribution in [3.05, 3.63) is 45.9 Å². The standard InChI is InChI=1S/C14H14N4OS/c1-9(16)13-17-12(8-20-13)14(19)18(2)11-5-3-10(7-15)4-6-11/h3-6,8-9H,16H2,1-2H3. The van der Waals surface area contributed by atoms with Crippen LogP contribution in [0, 0.1) is 11.3 Å². The van der Waals surface area contributed by atoms with E-state index in [1.807, 2.05) is 13.0 Å². The van der Waals surface area contributed by atoms with E-state index >= 15 is 0 Å². The van der Waals surface area contributed by atoms with Crippen LogP contribution in [0.5, 0.6) is 0 Å². The normalized spacial score (nSPS) is 11.7. The molecule has 1 atom stereocenters. The van der Waals surface area contributed by atoms with Gasteiger partial charge >= 0.3 is 0 Å². The molecule has 20 heavy (non-hydrogen) atoms. The first-order valence-electron chi connectivity index (χ1n) is 6.02. The summed E-state index contributed by atoms with van der Waals surface area (Å²) < 4.78 is 0. The highest BCUT2D eigenvalue weighted by atomic mass is 32.1. The maximum atomic E-state index is 12.3. The molecule has 0 saturated carbocycles. The highest BCUT2D eigenvalue weighted by molar-refractivity contribution is 7.09. The van der Waals surface area contributed by atoms with Crippen LogP contribution in [-0.4, -0.2) is 17.9 Å². The maximum absolute atomic E-state index is 12.3. The molecule has 0 aliphatic carbocycles. The quantitative estimate of drug-likeness (QED) is 0.938. The molecular formula is C14H14N4OS. The molecule has 2 rings (SSSR count). The predicted molar refractivity (Wildman–Crippen MR) is 78.6 cm³/mol. The van der Waals surface area contributed by atoms with Crippen molar-refractivity contribution < 1.29 is 4.79 Å². The van der Waals surface area contributed by atoms with E-state index in [0.29, 0.717) is 16.9 Å². The Labute approximate surface area is 121 Å². The largest absolute Gasteiger partial charge is 0.322 e. The Bertz CT molecular complexity index is 655. The van der Waals surface area contributed by atoms with E-state index in [0.717, 1.165) is 5.01 Å². The van der Waals surface area contributed by atoms with Gasteiger partial charge in [-0.05, 0) is 31.2 Å². The molecule has 1 aromatic heterocycles. The molecule has 0 fully saturated rings. The average molecular weight is 286 g/mol. The van der Waals surface area contributed by atoms with Gasteiger partial charge < -0.3 is 10.6 Å². The maximum Gasteiger partial charge on any atom is 0.277 e. The van der Waals surface area contributed by atoms with Gasteiger partial charge in [-0.3, -0.25) is 4.79 Å². The van der Waals surface area contributed by atoms with Crippen LogP contribution in [0.15, 0.2) is 29.6 Å². The molecule has 1 unspecified atom stereocenters. The van der Waals surface area contributed by atoms with E-state index in [-0.39, 0.29) is 11.9 Å². The number of anilines is 1. The zero-order valence-electron chi connectivity index (χ0n) is 11.2. The lowest BCUT2D eigenvalue weighted by atomic mass is 10.2. The van der Waals surface area contributed by atoms with Crippen molar-refractivity contribution in [3.63, 3.8) is 0 Å². The van der Waals surface area contributed by atoms with E-state index in [9.17, 15) is 4.79 Å². The molecule has 2 N–H and O–H groups in total. The van der Waals surface area contributed by atoms with Gasteiger partial charge in [-0.2, -0.15) is 5.26 Å². The summed E-state index contributed by atoms with van der Waals surface area (Å²) in [6, 6.07) is 8.67. The van der Waals surface area contributed by atoms with Crippen LogP contribution in [0.1, 0.15) is 34.0 Å². The number of aromatic nitrogens is 1. The van der Waals surface area contributed by atoms with Crippen molar-refractivity contribution in [2.75, 3.05) is 11.9 Å². The first-order valence-corrected chi connectivity index (χ1v) is 6.90. The Morgan fingerprint density at radius 3 is 2.60 bits per heavy atom.